The smallest absolute Gasteiger partial charge is 0.0705 e. The fourth-order valence-corrected chi connectivity index (χ4v) is 5.61. The summed E-state index contributed by atoms with van der Waals surface area (Å²) >= 11 is 1.79. The minimum atomic E-state index is -0.685. The number of aromatic nitrogens is 1. The second-order valence-corrected chi connectivity index (χ2v) is 10.8. The van der Waals surface area contributed by atoms with E-state index in [1.54, 1.807) is 11.3 Å². The van der Waals surface area contributed by atoms with Gasteiger partial charge in [-0.1, -0.05) is 77.1 Å². The highest BCUT2D eigenvalue weighted by Gasteiger charge is 2.17. The number of thiophene rings is 1. The molecule has 2 heteroatoms. The van der Waals surface area contributed by atoms with Gasteiger partial charge in [-0.25, -0.2) is 0 Å². The van der Waals surface area contributed by atoms with Crippen LogP contribution in [0.15, 0.2) is 79.0 Å². The van der Waals surface area contributed by atoms with Crippen molar-refractivity contribution in [2.45, 2.75) is 45.9 Å². The summed E-state index contributed by atoms with van der Waals surface area (Å²) in [5.74, 6) is -0.685. The van der Waals surface area contributed by atoms with Crippen LogP contribution in [0, 0.1) is 0 Å². The largest absolute Gasteiger partial charge is 0.256 e. The molecular formula is C30H29NS. The molecule has 0 saturated heterocycles. The summed E-state index contributed by atoms with van der Waals surface area (Å²) in [6, 6.07) is 25.9. The van der Waals surface area contributed by atoms with Gasteiger partial charge in [0, 0.05) is 33.3 Å². The Morgan fingerprint density at radius 2 is 1.59 bits per heavy atom. The van der Waals surface area contributed by atoms with E-state index in [1.165, 1.54) is 36.9 Å². The molecule has 0 aliphatic heterocycles. The van der Waals surface area contributed by atoms with Crippen LogP contribution in [0.2, 0.25) is 0 Å². The number of hydrogen-bond acceptors (Lipinski definition) is 2. The van der Waals surface area contributed by atoms with Crippen molar-refractivity contribution in [3.05, 3.63) is 90.1 Å². The summed E-state index contributed by atoms with van der Waals surface area (Å²) in [5, 5.41) is 2.48. The predicted molar refractivity (Wildman–Crippen MR) is 141 cm³/mol. The van der Waals surface area contributed by atoms with Gasteiger partial charge >= 0.3 is 0 Å². The van der Waals surface area contributed by atoms with Gasteiger partial charge in [-0.2, -0.15) is 0 Å². The predicted octanol–water partition coefficient (Wildman–Crippen LogP) is 9.20. The van der Waals surface area contributed by atoms with Gasteiger partial charge in [0.1, 0.15) is 0 Å². The van der Waals surface area contributed by atoms with Gasteiger partial charge in [0.2, 0.25) is 0 Å². The Kier molecular flexibility index (Phi) is 4.84. The molecular weight excluding hydrogens is 406 g/mol. The molecule has 0 atom stereocenters. The molecule has 0 unspecified atom stereocenters. The maximum absolute atomic E-state index is 8.84. The van der Waals surface area contributed by atoms with Crippen molar-refractivity contribution in [2.75, 3.05) is 0 Å². The van der Waals surface area contributed by atoms with Crippen LogP contribution in [-0.4, -0.2) is 4.98 Å². The maximum Gasteiger partial charge on any atom is 0.0705 e. The van der Waals surface area contributed by atoms with E-state index in [0.717, 1.165) is 16.8 Å². The molecule has 0 spiro atoms. The molecule has 160 valence electrons. The van der Waals surface area contributed by atoms with Crippen molar-refractivity contribution < 1.29 is 1.37 Å². The average Bonchev–Trinajstić information content (AvgIpc) is 3.15. The van der Waals surface area contributed by atoms with E-state index in [-0.39, 0.29) is 5.41 Å². The molecule has 1 nitrogen and oxygen atoms in total. The molecule has 0 aliphatic rings. The lowest BCUT2D eigenvalue weighted by molar-refractivity contribution is 0.589. The molecule has 0 fully saturated rings. The molecule has 5 rings (SSSR count). The third-order valence-corrected chi connectivity index (χ3v) is 7.34. The second-order valence-electron chi connectivity index (χ2n) is 9.76. The van der Waals surface area contributed by atoms with E-state index in [1.807, 2.05) is 26.1 Å². The Bertz CT molecular complexity index is 1470. The number of hydrogen-bond donors (Lipinski definition) is 0. The monoisotopic (exact) mass is 436 g/mol. The summed E-state index contributed by atoms with van der Waals surface area (Å²) in [6.07, 6.45) is 1.91. The quantitative estimate of drug-likeness (QED) is 0.275. The van der Waals surface area contributed by atoms with Crippen LogP contribution in [0.4, 0.5) is 0 Å². The Morgan fingerprint density at radius 1 is 0.812 bits per heavy atom. The zero-order chi connectivity index (χ0) is 23.4. The number of rotatable bonds is 3. The minimum Gasteiger partial charge on any atom is -0.256 e. The average molecular weight is 437 g/mol. The van der Waals surface area contributed by atoms with Crippen LogP contribution < -0.4 is 0 Å². The van der Waals surface area contributed by atoms with E-state index in [2.05, 4.69) is 92.5 Å². The second kappa shape index (κ2) is 7.86. The highest BCUT2D eigenvalue weighted by atomic mass is 32.1. The molecule has 5 aromatic rings. The lowest BCUT2D eigenvalue weighted by Crippen LogP contribution is -2.11. The molecule has 0 amide bonds. The van der Waals surface area contributed by atoms with E-state index >= 15 is 0 Å². The van der Waals surface area contributed by atoms with Crippen LogP contribution in [0.5, 0.6) is 0 Å². The summed E-state index contributed by atoms with van der Waals surface area (Å²) in [7, 11) is 0. The minimum absolute atomic E-state index is 0.0852. The van der Waals surface area contributed by atoms with Crippen LogP contribution in [-0.2, 0) is 5.41 Å². The summed E-state index contributed by atoms with van der Waals surface area (Å²) < 4.78 is 11.3. The van der Waals surface area contributed by atoms with Gasteiger partial charge in [0.15, 0.2) is 0 Å². The van der Waals surface area contributed by atoms with Crippen LogP contribution in [0.3, 0.4) is 0 Å². The summed E-state index contributed by atoms with van der Waals surface area (Å²) in [4.78, 5) is 4.67. The fourth-order valence-electron chi connectivity index (χ4n) is 4.26. The van der Waals surface area contributed by atoms with E-state index < -0.39 is 5.89 Å². The summed E-state index contributed by atoms with van der Waals surface area (Å²) in [6.45, 7) is 10.7. The first-order valence-corrected chi connectivity index (χ1v) is 12.0. The standard InChI is InChI=1S/C30H29NS/c1-19(2)25-15-22(20-9-7-6-8-10-20)16-26-24-12-11-21(17-28(24)32-29(25)26)27-18-23(13-14-31-27)30(3,4)5/h6-19H,1-5H3/i19D. The molecule has 2 heterocycles. The van der Waals surface area contributed by atoms with Gasteiger partial charge < -0.3 is 0 Å². The maximum atomic E-state index is 8.84. The molecule has 0 aliphatic carbocycles. The van der Waals surface area contributed by atoms with Crippen LogP contribution in [0.1, 0.15) is 53.0 Å². The van der Waals surface area contributed by atoms with Crippen molar-refractivity contribution in [1.82, 2.24) is 4.98 Å². The molecule has 0 radical (unpaired) electrons. The van der Waals surface area contributed by atoms with Crippen molar-refractivity contribution in [1.29, 1.82) is 0 Å². The van der Waals surface area contributed by atoms with Gasteiger partial charge in [0.05, 0.1) is 5.69 Å². The Morgan fingerprint density at radius 3 is 2.31 bits per heavy atom. The van der Waals surface area contributed by atoms with Crippen LogP contribution >= 0.6 is 11.3 Å². The first kappa shape index (κ1) is 19.7. The first-order valence-electron chi connectivity index (χ1n) is 11.6. The van der Waals surface area contributed by atoms with Gasteiger partial charge in [0.25, 0.3) is 0 Å². The Hall–Kier alpha value is -2.97. The molecule has 0 saturated carbocycles. The van der Waals surface area contributed by atoms with Gasteiger partial charge in [-0.05, 0) is 63.9 Å². The third kappa shape index (κ3) is 3.73. The number of benzene rings is 3. The fraction of sp³-hybridized carbons (Fsp3) is 0.233. The highest BCUT2D eigenvalue weighted by Crippen LogP contribution is 2.42. The van der Waals surface area contributed by atoms with Crippen molar-refractivity contribution in [3.63, 3.8) is 0 Å². The lowest BCUT2D eigenvalue weighted by Gasteiger charge is -2.19. The van der Waals surface area contributed by atoms with Gasteiger partial charge in [-0.3, -0.25) is 4.98 Å². The first-order chi connectivity index (χ1) is 15.6. The van der Waals surface area contributed by atoms with E-state index in [4.69, 9.17) is 1.37 Å². The van der Waals surface area contributed by atoms with E-state index in [0.29, 0.717) is 0 Å². The summed E-state index contributed by atoms with van der Waals surface area (Å²) in [5.41, 5.74) is 6.94. The lowest BCUT2D eigenvalue weighted by atomic mass is 9.87. The normalized spacial score (nSPS) is 13.0. The molecule has 32 heavy (non-hydrogen) atoms. The highest BCUT2D eigenvalue weighted by molar-refractivity contribution is 7.26. The van der Waals surface area contributed by atoms with E-state index in [9.17, 15) is 0 Å². The topological polar surface area (TPSA) is 12.9 Å². The Balaban J connectivity index is 1.72. The zero-order valence-corrected chi connectivity index (χ0v) is 20.2. The van der Waals surface area contributed by atoms with Crippen LogP contribution in [0.25, 0.3) is 42.6 Å². The number of nitrogens with zero attached hydrogens (tertiary/aromatic N) is 1. The molecule has 0 bridgehead atoms. The Labute approximate surface area is 196 Å². The molecule has 0 N–H and O–H groups in total. The van der Waals surface area contributed by atoms with Crippen molar-refractivity contribution >= 4 is 31.5 Å². The van der Waals surface area contributed by atoms with Crippen molar-refractivity contribution in [2.24, 2.45) is 0 Å². The number of fused-ring (bicyclic) bond motifs is 3. The van der Waals surface area contributed by atoms with Crippen molar-refractivity contribution in [3.8, 4) is 22.4 Å². The van der Waals surface area contributed by atoms with Gasteiger partial charge in [-0.15, -0.1) is 11.3 Å². The SMILES string of the molecule is [2H]C(C)(C)c1cc(-c2ccccc2)cc2c1sc1cc(-c3cc(C(C)(C)C)ccn3)ccc12. The molecule has 3 aromatic carbocycles. The third-order valence-electron chi connectivity index (χ3n) is 6.14. The zero-order valence-electron chi connectivity index (χ0n) is 20.4. The number of pyridine rings is 1. The molecule has 2 aromatic heterocycles.